The van der Waals surface area contributed by atoms with E-state index in [0.29, 0.717) is 11.0 Å². The predicted octanol–water partition coefficient (Wildman–Crippen LogP) is 1.71. The Morgan fingerprint density at radius 3 is 2.40 bits per heavy atom. The number of anilines is 1. The normalized spacial score (nSPS) is 19.1. The molecule has 0 spiro atoms. The van der Waals surface area contributed by atoms with Crippen LogP contribution >= 0.6 is 11.6 Å². The van der Waals surface area contributed by atoms with Gasteiger partial charge in [0.05, 0.1) is 29.8 Å². The summed E-state index contributed by atoms with van der Waals surface area (Å²) in [7, 11) is -3.40. The standard InChI is InChI=1S/C12H18ClN3O3S/c1-9(19-20(2,17)18)10-3-5-16(6-4-10)12-14-7-11(13)8-15-12/h7-10H,3-6H2,1-2H3. The van der Waals surface area contributed by atoms with Crippen molar-refractivity contribution >= 4 is 27.7 Å². The average Bonchev–Trinajstić information content (AvgIpc) is 2.38. The summed E-state index contributed by atoms with van der Waals surface area (Å²) in [6.07, 6.45) is 5.64. The molecule has 1 fully saturated rings. The monoisotopic (exact) mass is 319 g/mol. The summed E-state index contributed by atoms with van der Waals surface area (Å²) in [5.74, 6) is 0.887. The largest absolute Gasteiger partial charge is 0.341 e. The highest BCUT2D eigenvalue weighted by molar-refractivity contribution is 7.86. The Bertz CT molecular complexity index is 542. The molecule has 0 N–H and O–H groups in total. The fraction of sp³-hybridized carbons (Fsp3) is 0.667. The Morgan fingerprint density at radius 2 is 1.90 bits per heavy atom. The molecule has 0 aliphatic carbocycles. The van der Waals surface area contributed by atoms with Gasteiger partial charge < -0.3 is 4.90 Å². The van der Waals surface area contributed by atoms with Crippen LogP contribution in [0, 0.1) is 5.92 Å². The molecule has 0 bridgehead atoms. The lowest BCUT2D eigenvalue weighted by molar-refractivity contribution is 0.141. The lowest BCUT2D eigenvalue weighted by Gasteiger charge is -2.34. The number of rotatable bonds is 4. The summed E-state index contributed by atoms with van der Waals surface area (Å²) < 4.78 is 27.3. The van der Waals surface area contributed by atoms with Gasteiger partial charge >= 0.3 is 0 Å². The topological polar surface area (TPSA) is 72.4 Å². The molecular formula is C12H18ClN3O3S. The second-order valence-corrected chi connectivity index (χ2v) is 7.07. The quantitative estimate of drug-likeness (QED) is 0.787. The first-order valence-electron chi connectivity index (χ1n) is 6.46. The SMILES string of the molecule is CC(OS(C)(=O)=O)C1CCN(c2ncc(Cl)cn2)CC1. The van der Waals surface area contributed by atoms with E-state index in [1.54, 1.807) is 19.3 Å². The molecular weight excluding hydrogens is 302 g/mol. The third-order valence-electron chi connectivity index (χ3n) is 3.42. The molecule has 8 heteroatoms. The highest BCUT2D eigenvalue weighted by Gasteiger charge is 2.27. The van der Waals surface area contributed by atoms with E-state index in [4.69, 9.17) is 15.8 Å². The van der Waals surface area contributed by atoms with Gasteiger partial charge in [0, 0.05) is 13.1 Å². The third kappa shape index (κ3) is 4.29. The summed E-state index contributed by atoms with van der Waals surface area (Å²) in [5, 5.41) is 0.513. The maximum absolute atomic E-state index is 11.1. The highest BCUT2D eigenvalue weighted by atomic mass is 35.5. The number of halogens is 1. The van der Waals surface area contributed by atoms with E-state index in [0.717, 1.165) is 32.2 Å². The minimum atomic E-state index is -3.40. The molecule has 1 aliphatic rings. The smallest absolute Gasteiger partial charge is 0.264 e. The lowest BCUT2D eigenvalue weighted by Crippen LogP contribution is -2.39. The van der Waals surface area contributed by atoms with Crippen molar-refractivity contribution in [3.05, 3.63) is 17.4 Å². The van der Waals surface area contributed by atoms with Crippen LogP contribution in [0.2, 0.25) is 5.02 Å². The molecule has 20 heavy (non-hydrogen) atoms. The molecule has 1 aromatic heterocycles. The van der Waals surface area contributed by atoms with Crippen LogP contribution in [-0.4, -0.2) is 43.8 Å². The van der Waals surface area contributed by atoms with Gasteiger partial charge in [-0.1, -0.05) is 11.6 Å². The Kier molecular flexibility index (Phi) is 4.82. The molecule has 0 aromatic carbocycles. The second kappa shape index (κ2) is 6.24. The molecule has 6 nitrogen and oxygen atoms in total. The molecule has 1 atom stereocenters. The first-order valence-corrected chi connectivity index (χ1v) is 8.65. The number of hydrogen-bond acceptors (Lipinski definition) is 6. The maximum atomic E-state index is 11.1. The number of aromatic nitrogens is 2. The molecule has 1 unspecified atom stereocenters. The Hall–Kier alpha value is -0.920. The van der Waals surface area contributed by atoms with E-state index in [2.05, 4.69) is 14.9 Å². The molecule has 1 aromatic rings. The van der Waals surface area contributed by atoms with Crippen molar-refractivity contribution in [2.75, 3.05) is 24.2 Å². The zero-order valence-corrected chi connectivity index (χ0v) is 13.1. The van der Waals surface area contributed by atoms with Crippen LogP contribution in [0.15, 0.2) is 12.4 Å². The van der Waals surface area contributed by atoms with Gasteiger partial charge in [0.15, 0.2) is 0 Å². The third-order valence-corrected chi connectivity index (χ3v) is 4.27. The van der Waals surface area contributed by atoms with Crippen LogP contribution in [0.25, 0.3) is 0 Å². The fourth-order valence-corrected chi connectivity index (χ4v) is 3.20. The van der Waals surface area contributed by atoms with Gasteiger partial charge in [0.25, 0.3) is 10.1 Å². The van der Waals surface area contributed by atoms with Crippen LogP contribution < -0.4 is 4.90 Å². The average molecular weight is 320 g/mol. The van der Waals surface area contributed by atoms with Gasteiger partial charge in [-0.25, -0.2) is 9.97 Å². The molecule has 1 saturated heterocycles. The van der Waals surface area contributed by atoms with Gasteiger partial charge in [-0.2, -0.15) is 8.42 Å². The summed E-state index contributed by atoms with van der Waals surface area (Å²) in [5.41, 5.74) is 0. The Labute approximate surface area is 124 Å². The van der Waals surface area contributed by atoms with Gasteiger partial charge in [-0.3, -0.25) is 4.18 Å². The second-order valence-electron chi connectivity index (χ2n) is 5.03. The van der Waals surface area contributed by atoms with Gasteiger partial charge in [0.1, 0.15) is 0 Å². The van der Waals surface area contributed by atoms with Crippen molar-refractivity contribution < 1.29 is 12.6 Å². The number of nitrogens with zero attached hydrogens (tertiary/aromatic N) is 3. The van der Waals surface area contributed by atoms with E-state index in [1.807, 2.05) is 0 Å². The van der Waals surface area contributed by atoms with Crippen molar-refractivity contribution in [2.24, 2.45) is 5.92 Å². The summed E-state index contributed by atoms with van der Waals surface area (Å²) in [6, 6.07) is 0. The van der Waals surface area contributed by atoms with E-state index in [-0.39, 0.29) is 12.0 Å². The summed E-state index contributed by atoms with van der Waals surface area (Å²) >= 11 is 5.76. The number of piperidine rings is 1. The van der Waals surface area contributed by atoms with Gasteiger partial charge in [-0.05, 0) is 25.7 Å². The van der Waals surface area contributed by atoms with Gasteiger partial charge in [-0.15, -0.1) is 0 Å². The van der Waals surface area contributed by atoms with Crippen molar-refractivity contribution in [1.82, 2.24) is 9.97 Å². The van der Waals surface area contributed by atoms with Crippen LogP contribution in [0.1, 0.15) is 19.8 Å². The van der Waals surface area contributed by atoms with Crippen molar-refractivity contribution in [2.45, 2.75) is 25.9 Å². The Balaban J connectivity index is 1.90. The minimum absolute atomic E-state index is 0.230. The zero-order chi connectivity index (χ0) is 14.8. The molecule has 2 rings (SSSR count). The zero-order valence-electron chi connectivity index (χ0n) is 11.5. The van der Waals surface area contributed by atoms with Crippen molar-refractivity contribution in [1.29, 1.82) is 0 Å². The summed E-state index contributed by atoms with van der Waals surface area (Å²) in [4.78, 5) is 10.4. The van der Waals surface area contributed by atoms with E-state index < -0.39 is 10.1 Å². The number of hydrogen-bond donors (Lipinski definition) is 0. The molecule has 0 radical (unpaired) electrons. The predicted molar refractivity (Wildman–Crippen MR) is 77.4 cm³/mol. The molecule has 0 amide bonds. The van der Waals surface area contributed by atoms with Gasteiger partial charge in [0.2, 0.25) is 5.95 Å². The van der Waals surface area contributed by atoms with Crippen LogP contribution in [0.5, 0.6) is 0 Å². The molecule has 112 valence electrons. The minimum Gasteiger partial charge on any atom is -0.341 e. The van der Waals surface area contributed by atoms with Crippen LogP contribution in [0.4, 0.5) is 5.95 Å². The van der Waals surface area contributed by atoms with E-state index in [9.17, 15) is 8.42 Å². The Morgan fingerprint density at radius 1 is 1.35 bits per heavy atom. The van der Waals surface area contributed by atoms with Crippen LogP contribution in [0.3, 0.4) is 0 Å². The van der Waals surface area contributed by atoms with Crippen molar-refractivity contribution in [3.8, 4) is 0 Å². The maximum Gasteiger partial charge on any atom is 0.264 e. The first kappa shape index (κ1) is 15.5. The van der Waals surface area contributed by atoms with Crippen molar-refractivity contribution in [3.63, 3.8) is 0 Å². The van der Waals surface area contributed by atoms with Crippen LogP contribution in [-0.2, 0) is 14.3 Å². The summed E-state index contributed by atoms with van der Waals surface area (Å²) in [6.45, 7) is 3.37. The lowest BCUT2D eigenvalue weighted by atomic mass is 9.92. The van der Waals surface area contributed by atoms with E-state index >= 15 is 0 Å². The van der Waals surface area contributed by atoms with E-state index in [1.165, 1.54) is 0 Å². The molecule has 0 saturated carbocycles. The molecule has 1 aliphatic heterocycles. The fourth-order valence-electron chi connectivity index (χ4n) is 2.39. The first-order chi connectivity index (χ1) is 9.35. The molecule has 2 heterocycles. The highest BCUT2D eigenvalue weighted by Crippen LogP contribution is 2.25.